The second kappa shape index (κ2) is 13.0. The van der Waals surface area contributed by atoms with Crippen molar-refractivity contribution in [2.24, 2.45) is 5.92 Å². The normalized spacial score (nSPS) is 19.6. The Hall–Kier alpha value is -4.19. The summed E-state index contributed by atoms with van der Waals surface area (Å²) in [6.07, 6.45) is 2.06. The summed E-state index contributed by atoms with van der Waals surface area (Å²) >= 11 is 5.83. The molecule has 0 saturated heterocycles. The average molecular weight is 613 g/mol. The predicted molar refractivity (Wildman–Crippen MR) is 159 cm³/mol. The van der Waals surface area contributed by atoms with Crippen molar-refractivity contribution in [2.45, 2.75) is 70.8 Å². The van der Waals surface area contributed by atoms with Crippen molar-refractivity contribution in [2.75, 3.05) is 19.4 Å². The predicted octanol–water partition coefficient (Wildman–Crippen LogP) is 3.10. The first kappa shape index (κ1) is 31.7. The number of halogens is 1. The van der Waals surface area contributed by atoms with E-state index in [0.29, 0.717) is 36.5 Å². The van der Waals surface area contributed by atoms with Gasteiger partial charge >= 0.3 is 17.9 Å². The first-order valence-corrected chi connectivity index (χ1v) is 14.4. The highest BCUT2D eigenvalue weighted by molar-refractivity contribution is 6.39. The third-order valence-corrected chi connectivity index (χ3v) is 7.51. The minimum Gasteiger partial charge on any atom is -0.444 e. The molecule has 12 nitrogen and oxygen atoms in total. The second-order valence-corrected chi connectivity index (χ2v) is 12.5. The van der Waals surface area contributed by atoms with Crippen molar-refractivity contribution in [1.29, 1.82) is 0 Å². The van der Waals surface area contributed by atoms with E-state index in [0.717, 1.165) is 11.1 Å². The Morgan fingerprint density at radius 2 is 1.67 bits per heavy atom. The quantitative estimate of drug-likeness (QED) is 0.439. The van der Waals surface area contributed by atoms with E-state index in [9.17, 15) is 24.0 Å². The molecule has 2 heterocycles. The number of amides is 5. The van der Waals surface area contributed by atoms with Crippen LogP contribution in [-0.2, 0) is 32.2 Å². The molecule has 1 aliphatic heterocycles. The van der Waals surface area contributed by atoms with Crippen LogP contribution in [0.25, 0.3) is 0 Å². The number of nitrogens with one attached hydrogen (secondary N) is 3. The van der Waals surface area contributed by atoms with Gasteiger partial charge in [0, 0.05) is 50.9 Å². The molecule has 1 saturated carbocycles. The van der Waals surface area contributed by atoms with E-state index in [1.165, 1.54) is 23.2 Å². The lowest BCUT2D eigenvalue weighted by atomic mass is 9.81. The van der Waals surface area contributed by atoms with E-state index >= 15 is 0 Å². The number of fused-ring (bicyclic) bond motifs is 1. The number of anilines is 1. The number of hydrogen-bond donors (Lipinski definition) is 3. The molecule has 4 rings (SSSR count). The molecule has 43 heavy (non-hydrogen) atoms. The van der Waals surface area contributed by atoms with Crippen LogP contribution in [0, 0.1) is 5.92 Å². The summed E-state index contributed by atoms with van der Waals surface area (Å²) in [4.78, 5) is 71.2. The second-order valence-electron chi connectivity index (χ2n) is 12.0. The Morgan fingerprint density at radius 3 is 2.33 bits per heavy atom. The summed E-state index contributed by atoms with van der Waals surface area (Å²) in [5.74, 6) is -2.47. The Kier molecular flexibility index (Phi) is 9.59. The fourth-order valence-electron chi connectivity index (χ4n) is 5.19. The Bertz CT molecular complexity index is 1410. The van der Waals surface area contributed by atoms with Crippen LogP contribution >= 0.6 is 11.6 Å². The number of pyridine rings is 1. The molecule has 0 bridgehead atoms. The molecule has 0 spiro atoms. The van der Waals surface area contributed by atoms with Crippen molar-refractivity contribution in [3.05, 3.63) is 58.2 Å². The summed E-state index contributed by atoms with van der Waals surface area (Å²) in [5, 5.41) is 8.51. The van der Waals surface area contributed by atoms with Crippen LogP contribution in [0.15, 0.2) is 36.5 Å². The molecule has 13 heteroatoms. The van der Waals surface area contributed by atoms with Gasteiger partial charge in [0.1, 0.15) is 11.4 Å². The minimum absolute atomic E-state index is 0.0738. The van der Waals surface area contributed by atoms with Gasteiger partial charge in [-0.3, -0.25) is 24.1 Å². The zero-order chi connectivity index (χ0) is 31.5. The third kappa shape index (κ3) is 8.22. The zero-order valence-corrected chi connectivity index (χ0v) is 25.7. The lowest BCUT2D eigenvalue weighted by Gasteiger charge is -2.37. The fraction of sp³-hybridized carbons (Fsp3) is 0.467. The van der Waals surface area contributed by atoms with E-state index < -0.39 is 41.5 Å². The summed E-state index contributed by atoms with van der Waals surface area (Å²) in [7, 11) is 3.34. The van der Waals surface area contributed by atoms with E-state index in [-0.39, 0.29) is 24.1 Å². The van der Waals surface area contributed by atoms with E-state index in [1.807, 2.05) is 6.07 Å². The number of carbonyl (C=O) groups excluding carboxylic acids is 5. The zero-order valence-electron chi connectivity index (χ0n) is 24.9. The highest BCUT2D eigenvalue weighted by Gasteiger charge is 2.37. The van der Waals surface area contributed by atoms with E-state index in [1.54, 1.807) is 51.9 Å². The van der Waals surface area contributed by atoms with Crippen molar-refractivity contribution in [3.8, 4) is 0 Å². The largest absolute Gasteiger partial charge is 0.444 e. The van der Waals surface area contributed by atoms with Gasteiger partial charge in [-0.1, -0.05) is 17.7 Å². The van der Waals surface area contributed by atoms with E-state index in [4.69, 9.17) is 16.3 Å². The number of rotatable bonds is 5. The molecule has 1 aromatic carbocycles. The SMILES string of the molecule is CN(C)C(=O)[C@H]1CC[C@H](NC(=O)C(=O)Nc2ccc(Cl)cn2)[C@H](NC(=O)c2ccc3c(c2)CN(C(=O)OC(C)(C)C)C3)C1. The van der Waals surface area contributed by atoms with Gasteiger partial charge < -0.3 is 25.6 Å². The molecule has 2 aliphatic rings. The van der Waals surface area contributed by atoms with Gasteiger partial charge in [0.25, 0.3) is 5.91 Å². The molecule has 0 unspecified atom stereocenters. The molecule has 230 valence electrons. The standard InChI is InChI=1S/C30H37ClN6O6/c1-30(2,3)43-29(42)37-15-19-7-6-17(12-20(19)16-37)25(38)34-23-13-18(28(41)36(4)5)8-10-22(23)33-26(39)27(40)35-24-11-9-21(31)14-32-24/h6-7,9,11-12,14,18,22-23H,8,10,13,15-16H2,1-5H3,(H,33,39)(H,34,38)(H,32,35,40)/t18-,22-,23+/m0/s1. The van der Waals surface area contributed by atoms with Gasteiger partial charge in [0.05, 0.1) is 11.1 Å². The highest BCUT2D eigenvalue weighted by Crippen LogP contribution is 2.28. The minimum atomic E-state index is -0.917. The number of aromatic nitrogens is 1. The topological polar surface area (TPSA) is 150 Å². The fourth-order valence-corrected chi connectivity index (χ4v) is 5.30. The summed E-state index contributed by atoms with van der Waals surface area (Å²) in [6.45, 7) is 6.10. The van der Waals surface area contributed by atoms with Gasteiger partial charge in [0.2, 0.25) is 5.91 Å². The van der Waals surface area contributed by atoms with Crippen molar-refractivity contribution in [1.82, 2.24) is 25.4 Å². The maximum absolute atomic E-state index is 13.4. The average Bonchev–Trinajstić information content (AvgIpc) is 3.37. The van der Waals surface area contributed by atoms with Crippen molar-refractivity contribution in [3.63, 3.8) is 0 Å². The van der Waals surface area contributed by atoms with Gasteiger partial charge in [0.15, 0.2) is 0 Å². The Labute approximate surface area is 255 Å². The van der Waals surface area contributed by atoms with Gasteiger partial charge in [-0.25, -0.2) is 9.78 Å². The van der Waals surface area contributed by atoms with Crippen LogP contribution in [0.2, 0.25) is 5.02 Å². The molecule has 3 N–H and O–H groups in total. The van der Waals surface area contributed by atoms with Crippen LogP contribution in [0.3, 0.4) is 0 Å². The molecule has 1 aliphatic carbocycles. The smallest absolute Gasteiger partial charge is 0.410 e. The first-order chi connectivity index (χ1) is 20.2. The van der Waals surface area contributed by atoms with E-state index in [2.05, 4.69) is 20.9 Å². The molecular formula is C30H37ClN6O6. The molecule has 0 radical (unpaired) electrons. The van der Waals surface area contributed by atoms with Crippen LogP contribution in [-0.4, -0.2) is 76.3 Å². The molecule has 1 fully saturated rings. The van der Waals surface area contributed by atoms with Gasteiger partial charge in [-0.2, -0.15) is 0 Å². The highest BCUT2D eigenvalue weighted by atomic mass is 35.5. The first-order valence-electron chi connectivity index (χ1n) is 14.1. The van der Waals surface area contributed by atoms with Gasteiger partial charge in [-0.05, 0) is 75.4 Å². The number of carbonyl (C=O) groups is 5. The number of nitrogens with zero attached hydrogens (tertiary/aromatic N) is 3. The van der Waals surface area contributed by atoms with Gasteiger partial charge in [-0.15, -0.1) is 0 Å². The molecule has 5 amide bonds. The third-order valence-electron chi connectivity index (χ3n) is 7.29. The van der Waals surface area contributed by atoms with Crippen LogP contribution in [0.1, 0.15) is 61.5 Å². The van der Waals surface area contributed by atoms with Crippen molar-refractivity contribution >= 4 is 47.1 Å². The van der Waals surface area contributed by atoms with Crippen LogP contribution in [0.4, 0.5) is 10.6 Å². The Morgan fingerprint density at radius 1 is 0.953 bits per heavy atom. The van der Waals surface area contributed by atoms with Crippen LogP contribution in [0.5, 0.6) is 0 Å². The number of hydrogen-bond acceptors (Lipinski definition) is 7. The van der Waals surface area contributed by atoms with Crippen molar-refractivity contribution < 1.29 is 28.7 Å². The summed E-state index contributed by atoms with van der Waals surface area (Å²) < 4.78 is 5.48. The number of benzene rings is 1. The molecule has 1 aromatic heterocycles. The van der Waals surface area contributed by atoms with Crippen LogP contribution < -0.4 is 16.0 Å². The monoisotopic (exact) mass is 612 g/mol. The Balaban J connectivity index is 1.45. The lowest BCUT2D eigenvalue weighted by molar-refractivity contribution is -0.137. The maximum atomic E-state index is 13.4. The molecular weight excluding hydrogens is 576 g/mol. The molecule has 3 atom stereocenters. The summed E-state index contributed by atoms with van der Waals surface area (Å²) in [5.41, 5.74) is 1.51. The number of ether oxygens (including phenoxy) is 1. The lowest BCUT2D eigenvalue weighted by Crippen LogP contribution is -2.57. The maximum Gasteiger partial charge on any atom is 0.410 e. The molecule has 2 aromatic rings. The summed E-state index contributed by atoms with van der Waals surface area (Å²) in [6, 6.07) is 7.01.